The number of hydrogen-bond donors (Lipinski definition) is 3. The number of aliphatic hydroxyl groups is 1. The summed E-state index contributed by atoms with van der Waals surface area (Å²) in [7, 11) is 1.57. The summed E-state index contributed by atoms with van der Waals surface area (Å²) in [5, 5.41) is 16.2. The summed E-state index contributed by atoms with van der Waals surface area (Å²) >= 11 is 0. The number of furan rings is 1. The highest BCUT2D eigenvalue weighted by Gasteiger charge is 2.26. The highest BCUT2D eigenvalue weighted by Crippen LogP contribution is 2.23. The minimum Gasteiger partial charge on any atom is -0.483 e. The van der Waals surface area contributed by atoms with Crippen molar-refractivity contribution in [1.29, 1.82) is 0 Å². The monoisotopic (exact) mass is 332 g/mol. The molecule has 0 fully saturated rings. The molecule has 0 aliphatic heterocycles. The number of nitrogens with one attached hydrogen (secondary N) is 2. The predicted octanol–water partition coefficient (Wildman–Crippen LogP) is 1.71. The van der Waals surface area contributed by atoms with Gasteiger partial charge in [-0.2, -0.15) is 0 Å². The van der Waals surface area contributed by atoms with Crippen molar-refractivity contribution in [3.8, 4) is 5.75 Å². The van der Waals surface area contributed by atoms with Crippen LogP contribution in [-0.2, 0) is 16.9 Å². The van der Waals surface area contributed by atoms with E-state index >= 15 is 0 Å². The summed E-state index contributed by atoms with van der Waals surface area (Å²) in [6.07, 6.45) is 0. The molecule has 0 saturated heterocycles. The van der Waals surface area contributed by atoms with E-state index in [1.54, 1.807) is 20.0 Å². The van der Waals surface area contributed by atoms with Crippen LogP contribution in [0.15, 0.2) is 40.8 Å². The summed E-state index contributed by atoms with van der Waals surface area (Å²) in [4.78, 5) is 11.3. The largest absolute Gasteiger partial charge is 0.483 e. The van der Waals surface area contributed by atoms with Gasteiger partial charge in [-0.15, -0.1) is 0 Å². The number of rotatable bonds is 8. The molecule has 0 spiro atoms. The molecule has 0 radical (unpaired) electrons. The van der Waals surface area contributed by atoms with E-state index in [0.29, 0.717) is 24.6 Å². The summed E-state index contributed by atoms with van der Waals surface area (Å²) in [5.41, 5.74) is -0.195. The molecule has 1 amide bonds. The van der Waals surface area contributed by atoms with E-state index in [2.05, 4.69) is 10.6 Å². The molecule has 6 nitrogen and oxygen atoms in total. The highest BCUT2D eigenvalue weighted by atomic mass is 16.5. The molecule has 1 atom stereocenters. The van der Waals surface area contributed by atoms with E-state index in [-0.39, 0.29) is 12.5 Å². The number of carbonyl (C=O) groups is 1. The second-order valence-electron chi connectivity index (χ2n) is 5.86. The van der Waals surface area contributed by atoms with Gasteiger partial charge in [-0.3, -0.25) is 4.79 Å². The van der Waals surface area contributed by atoms with Gasteiger partial charge >= 0.3 is 0 Å². The molecule has 2 aromatic rings. The van der Waals surface area contributed by atoms with Crippen LogP contribution in [0.4, 0.5) is 0 Å². The van der Waals surface area contributed by atoms with Crippen molar-refractivity contribution in [3.63, 3.8) is 0 Å². The number of amides is 1. The smallest absolute Gasteiger partial charge is 0.257 e. The molecule has 2 rings (SSSR count). The second kappa shape index (κ2) is 7.99. The Kier molecular flexibility index (Phi) is 6.00. The zero-order valence-corrected chi connectivity index (χ0v) is 14.3. The number of hydrogen-bond acceptors (Lipinski definition) is 5. The molecule has 130 valence electrons. The van der Waals surface area contributed by atoms with E-state index < -0.39 is 5.60 Å². The molecule has 3 N–H and O–H groups in total. The number of carbonyl (C=O) groups excluding carboxylic acids is 1. The van der Waals surface area contributed by atoms with Crippen LogP contribution < -0.4 is 15.4 Å². The molecule has 1 aromatic carbocycles. The lowest BCUT2D eigenvalue weighted by Gasteiger charge is -2.21. The maximum absolute atomic E-state index is 11.3. The lowest BCUT2D eigenvalue weighted by atomic mass is 10.0. The minimum absolute atomic E-state index is 0.0309. The fourth-order valence-electron chi connectivity index (χ4n) is 2.26. The zero-order valence-electron chi connectivity index (χ0n) is 14.3. The van der Waals surface area contributed by atoms with Crippen LogP contribution in [0.5, 0.6) is 5.75 Å². The van der Waals surface area contributed by atoms with E-state index in [0.717, 1.165) is 11.3 Å². The maximum atomic E-state index is 11.3. The van der Waals surface area contributed by atoms with Gasteiger partial charge < -0.3 is 24.9 Å². The Morgan fingerprint density at radius 3 is 2.71 bits per heavy atom. The average Bonchev–Trinajstić information content (AvgIpc) is 3.01. The molecule has 0 aliphatic carbocycles. The van der Waals surface area contributed by atoms with Gasteiger partial charge in [-0.05, 0) is 32.0 Å². The first-order valence-electron chi connectivity index (χ1n) is 7.83. The van der Waals surface area contributed by atoms with Crippen LogP contribution in [0.1, 0.15) is 24.0 Å². The third-order valence-corrected chi connectivity index (χ3v) is 3.67. The summed E-state index contributed by atoms with van der Waals surface area (Å²) < 4.78 is 11.0. The number of ether oxygens (including phenoxy) is 1. The quantitative estimate of drug-likeness (QED) is 0.685. The van der Waals surface area contributed by atoms with Crippen molar-refractivity contribution in [3.05, 3.63) is 53.5 Å². The molecule has 1 unspecified atom stereocenters. The summed E-state index contributed by atoms with van der Waals surface area (Å²) in [5.74, 6) is 1.74. The van der Waals surface area contributed by atoms with Crippen LogP contribution in [0.3, 0.4) is 0 Å². The Morgan fingerprint density at radius 1 is 1.29 bits per heavy atom. The van der Waals surface area contributed by atoms with Gasteiger partial charge in [-0.25, -0.2) is 0 Å². The second-order valence-corrected chi connectivity index (χ2v) is 5.86. The first-order valence-corrected chi connectivity index (χ1v) is 7.83. The Labute approximate surface area is 141 Å². The van der Waals surface area contributed by atoms with Gasteiger partial charge in [0.1, 0.15) is 22.9 Å². The van der Waals surface area contributed by atoms with Gasteiger partial charge in [0.25, 0.3) is 5.91 Å². The normalized spacial score (nSPS) is 13.3. The van der Waals surface area contributed by atoms with Gasteiger partial charge in [0, 0.05) is 25.7 Å². The third-order valence-electron chi connectivity index (χ3n) is 3.67. The van der Waals surface area contributed by atoms with Crippen molar-refractivity contribution < 1.29 is 19.1 Å². The van der Waals surface area contributed by atoms with Crippen molar-refractivity contribution in [1.82, 2.24) is 10.6 Å². The van der Waals surface area contributed by atoms with Gasteiger partial charge in [-0.1, -0.05) is 18.2 Å². The van der Waals surface area contributed by atoms with Gasteiger partial charge in [0.15, 0.2) is 6.61 Å². The maximum Gasteiger partial charge on any atom is 0.257 e. The Balaban J connectivity index is 1.93. The van der Waals surface area contributed by atoms with Crippen LogP contribution in [-0.4, -0.2) is 31.2 Å². The van der Waals surface area contributed by atoms with E-state index in [1.807, 2.05) is 37.3 Å². The van der Waals surface area contributed by atoms with Gasteiger partial charge in [0.05, 0.1) is 0 Å². The molecule has 6 heteroatoms. The Hall–Kier alpha value is -2.31. The van der Waals surface area contributed by atoms with Crippen LogP contribution in [0, 0.1) is 6.92 Å². The van der Waals surface area contributed by atoms with Crippen LogP contribution >= 0.6 is 0 Å². The topological polar surface area (TPSA) is 83.7 Å². The molecular weight excluding hydrogens is 308 g/mol. The summed E-state index contributed by atoms with van der Waals surface area (Å²) in [6.45, 7) is 4.33. The highest BCUT2D eigenvalue weighted by molar-refractivity contribution is 5.77. The molecule has 0 aliphatic rings. The standard InChI is InChI=1S/C18H24N2O4/c1-13-8-9-16(24-13)18(2,22)12-20-10-14-6-4-5-7-15(14)23-11-17(21)19-3/h4-9,20,22H,10-12H2,1-3H3,(H,19,21). The van der Waals surface area contributed by atoms with Gasteiger partial charge in [0.2, 0.25) is 0 Å². The van der Waals surface area contributed by atoms with E-state index in [9.17, 15) is 9.90 Å². The Morgan fingerprint density at radius 2 is 2.04 bits per heavy atom. The Bertz CT molecular complexity index is 679. The van der Waals surface area contributed by atoms with Crippen molar-refractivity contribution >= 4 is 5.91 Å². The fraction of sp³-hybridized carbons (Fsp3) is 0.389. The van der Waals surface area contributed by atoms with Crippen LogP contribution in [0.25, 0.3) is 0 Å². The SMILES string of the molecule is CNC(=O)COc1ccccc1CNCC(C)(O)c1ccc(C)o1. The number of likely N-dealkylation sites (N-methyl/N-ethyl adjacent to an activating group) is 1. The first kappa shape index (κ1) is 18.0. The molecular formula is C18H24N2O4. The zero-order chi connectivity index (χ0) is 17.6. The molecule has 0 bridgehead atoms. The minimum atomic E-state index is -1.11. The number of para-hydroxylation sites is 1. The lowest BCUT2D eigenvalue weighted by Crippen LogP contribution is -2.35. The molecule has 0 saturated carbocycles. The van der Waals surface area contributed by atoms with E-state index in [1.165, 1.54) is 0 Å². The molecule has 1 heterocycles. The van der Waals surface area contributed by atoms with E-state index in [4.69, 9.17) is 9.15 Å². The first-order chi connectivity index (χ1) is 11.4. The van der Waals surface area contributed by atoms with Crippen molar-refractivity contribution in [2.45, 2.75) is 26.0 Å². The lowest BCUT2D eigenvalue weighted by molar-refractivity contribution is -0.122. The fourth-order valence-corrected chi connectivity index (χ4v) is 2.26. The molecule has 24 heavy (non-hydrogen) atoms. The molecule has 1 aromatic heterocycles. The van der Waals surface area contributed by atoms with Crippen molar-refractivity contribution in [2.75, 3.05) is 20.2 Å². The summed E-state index contributed by atoms with van der Waals surface area (Å²) in [6, 6.07) is 11.1. The number of benzene rings is 1. The predicted molar refractivity (Wildman–Crippen MR) is 90.7 cm³/mol. The third kappa shape index (κ3) is 4.84. The van der Waals surface area contributed by atoms with Crippen LogP contribution in [0.2, 0.25) is 0 Å². The number of aryl methyl sites for hydroxylation is 1. The van der Waals surface area contributed by atoms with Crippen molar-refractivity contribution in [2.24, 2.45) is 0 Å². The average molecular weight is 332 g/mol.